The maximum absolute atomic E-state index is 12.5. The first-order chi connectivity index (χ1) is 14.1. The summed E-state index contributed by atoms with van der Waals surface area (Å²) in [6.07, 6.45) is 5.02. The summed E-state index contributed by atoms with van der Waals surface area (Å²) in [5.74, 6) is 0.954. The van der Waals surface area contributed by atoms with Crippen LogP contribution in [-0.4, -0.2) is 40.1 Å². The Hall–Kier alpha value is -3.75. The van der Waals surface area contributed by atoms with E-state index in [1.54, 1.807) is 24.7 Å². The second-order valence-electron chi connectivity index (χ2n) is 7.36. The molecule has 3 heterocycles. The predicted molar refractivity (Wildman–Crippen MR) is 108 cm³/mol. The molecule has 2 fully saturated rings. The fraction of sp³-hybridized carbons (Fsp3) is 0.250. The summed E-state index contributed by atoms with van der Waals surface area (Å²) < 4.78 is 0. The molecule has 29 heavy (non-hydrogen) atoms. The van der Waals surface area contributed by atoms with E-state index in [2.05, 4.69) is 20.6 Å². The number of hydrogen-bond donors (Lipinski definition) is 2. The minimum absolute atomic E-state index is 0.0153. The molecule has 2 aromatic heterocycles. The maximum atomic E-state index is 12.5. The van der Waals surface area contributed by atoms with Crippen LogP contribution in [0.4, 0.5) is 22.0 Å². The van der Waals surface area contributed by atoms with E-state index in [0.717, 1.165) is 16.5 Å². The summed E-state index contributed by atoms with van der Waals surface area (Å²) in [7, 11) is 0. The molecule has 2 N–H and O–H groups in total. The molecule has 2 atom stereocenters. The largest absolute Gasteiger partial charge is 0.350 e. The van der Waals surface area contributed by atoms with Crippen molar-refractivity contribution in [1.82, 2.24) is 15.3 Å². The van der Waals surface area contributed by atoms with Crippen molar-refractivity contribution in [3.8, 4) is 0 Å². The predicted octanol–water partition coefficient (Wildman–Crippen LogP) is 2.79. The zero-order chi connectivity index (χ0) is 20.0. The highest BCUT2D eigenvalue weighted by Gasteiger charge is 2.57. The third-order valence-corrected chi connectivity index (χ3v) is 5.68. The van der Waals surface area contributed by atoms with Crippen molar-refractivity contribution in [2.24, 2.45) is 11.8 Å². The average molecular weight is 390 g/mol. The molecule has 1 aliphatic heterocycles. The van der Waals surface area contributed by atoms with Gasteiger partial charge in [0.15, 0.2) is 0 Å². The number of rotatable bonds is 4. The van der Waals surface area contributed by atoms with Crippen LogP contribution in [0, 0.1) is 22.0 Å². The number of pyridine rings is 2. The first-order valence-corrected chi connectivity index (χ1v) is 9.36. The lowest BCUT2D eigenvalue weighted by Gasteiger charge is -2.21. The van der Waals surface area contributed by atoms with Crippen LogP contribution in [0.3, 0.4) is 0 Å². The molecule has 1 aromatic carbocycles. The third-order valence-electron chi connectivity index (χ3n) is 5.68. The summed E-state index contributed by atoms with van der Waals surface area (Å²) in [6, 6.07) is 10.4. The quantitative estimate of drug-likeness (QED) is 0.523. The maximum Gasteiger partial charge on any atom is 0.319 e. The SMILES string of the molecule is O=C(Nc1cccc2cnccc12)NC1C2CN(c3ncccc3[N+](=O)[O-])CC21. The first-order valence-electron chi connectivity index (χ1n) is 9.36. The number of nitrogens with zero attached hydrogens (tertiary/aromatic N) is 4. The van der Waals surface area contributed by atoms with Gasteiger partial charge in [0.1, 0.15) is 0 Å². The third kappa shape index (κ3) is 3.10. The molecule has 1 aliphatic carbocycles. The van der Waals surface area contributed by atoms with Crippen molar-refractivity contribution in [1.29, 1.82) is 0 Å². The molecule has 2 unspecified atom stereocenters. The number of nitro groups is 1. The summed E-state index contributed by atoms with van der Waals surface area (Å²) in [6.45, 7) is 1.29. The van der Waals surface area contributed by atoms with Crippen LogP contribution < -0.4 is 15.5 Å². The Kier molecular flexibility index (Phi) is 4.01. The molecule has 3 aromatic rings. The van der Waals surface area contributed by atoms with Crippen LogP contribution in [0.15, 0.2) is 55.0 Å². The summed E-state index contributed by atoms with van der Waals surface area (Å²) in [4.78, 5) is 33.5. The van der Waals surface area contributed by atoms with Gasteiger partial charge in [0.25, 0.3) is 0 Å². The molecule has 0 radical (unpaired) electrons. The highest BCUT2D eigenvalue weighted by molar-refractivity contribution is 6.01. The van der Waals surface area contributed by atoms with E-state index in [0.29, 0.717) is 18.9 Å². The van der Waals surface area contributed by atoms with Gasteiger partial charge in [0, 0.05) is 66.4 Å². The van der Waals surface area contributed by atoms with Crippen LogP contribution in [-0.2, 0) is 0 Å². The molecule has 0 bridgehead atoms. The number of amides is 2. The van der Waals surface area contributed by atoms with E-state index in [9.17, 15) is 14.9 Å². The number of nitrogens with one attached hydrogen (secondary N) is 2. The van der Waals surface area contributed by atoms with Crippen molar-refractivity contribution in [2.45, 2.75) is 6.04 Å². The van der Waals surface area contributed by atoms with E-state index in [1.165, 1.54) is 6.07 Å². The van der Waals surface area contributed by atoms with Crippen LogP contribution in [0.2, 0.25) is 0 Å². The van der Waals surface area contributed by atoms with E-state index in [1.807, 2.05) is 29.2 Å². The van der Waals surface area contributed by atoms with Crippen LogP contribution in [0.5, 0.6) is 0 Å². The summed E-state index contributed by atoms with van der Waals surface area (Å²) >= 11 is 0. The van der Waals surface area contributed by atoms with E-state index >= 15 is 0 Å². The summed E-state index contributed by atoms with van der Waals surface area (Å²) in [5, 5.41) is 19.1. The van der Waals surface area contributed by atoms with E-state index < -0.39 is 4.92 Å². The van der Waals surface area contributed by atoms with Gasteiger partial charge in [-0.2, -0.15) is 0 Å². The lowest BCUT2D eigenvalue weighted by atomic mass is 10.1. The van der Waals surface area contributed by atoms with Crippen LogP contribution in [0.25, 0.3) is 10.8 Å². The van der Waals surface area contributed by atoms with Crippen molar-refractivity contribution >= 4 is 34.0 Å². The molecule has 146 valence electrons. The fourth-order valence-corrected chi connectivity index (χ4v) is 4.23. The smallest absolute Gasteiger partial charge is 0.319 e. The van der Waals surface area contributed by atoms with Crippen molar-refractivity contribution < 1.29 is 9.72 Å². The Morgan fingerprint density at radius 3 is 2.76 bits per heavy atom. The van der Waals surface area contributed by atoms with Crippen molar-refractivity contribution in [3.05, 3.63) is 65.1 Å². The van der Waals surface area contributed by atoms with E-state index in [4.69, 9.17) is 0 Å². The van der Waals surface area contributed by atoms with Gasteiger partial charge in [-0.1, -0.05) is 12.1 Å². The fourth-order valence-electron chi connectivity index (χ4n) is 4.23. The van der Waals surface area contributed by atoms with Gasteiger partial charge >= 0.3 is 11.7 Å². The first kappa shape index (κ1) is 17.4. The number of piperidine rings is 1. The minimum atomic E-state index is -0.408. The molecule has 1 saturated heterocycles. The molecular weight excluding hydrogens is 372 g/mol. The lowest BCUT2D eigenvalue weighted by Crippen LogP contribution is -2.37. The van der Waals surface area contributed by atoms with Gasteiger partial charge in [-0.05, 0) is 18.2 Å². The number of anilines is 2. The van der Waals surface area contributed by atoms with Gasteiger partial charge in [0.2, 0.25) is 5.82 Å². The molecule has 9 nitrogen and oxygen atoms in total. The van der Waals surface area contributed by atoms with Gasteiger partial charge in [-0.15, -0.1) is 0 Å². The highest BCUT2D eigenvalue weighted by atomic mass is 16.6. The van der Waals surface area contributed by atoms with Crippen LogP contribution in [0.1, 0.15) is 0 Å². The number of carbonyl (C=O) groups is 1. The highest BCUT2D eigenvalue weighted by Crippen LogP contribution is 2.47. The molecular formula is C20H18N6O3. The summed E-state index contributed by atoms with van der Waals surface area (Å²) in [5.41, 5.74) is 0.750. The standard InChI is InChI=1S/C20H18N6O3/c27-20(23-16-4-1-3-12-9-21-8-6-13(12)16)24-18-14-10-25(11-15(14)18)19-17(26(28)29)5-2-7-22-19/h1-9,14-15,18H,10-11H2,(H2,23,24,27). The Morgan fingerprint density at radius 1 is 1.14 bits per heavy atom. The van der Waals surface area contributed by atoms with Gasteiger partial charge in [-0.25, -0.2) is 9.78 Å². The number of carbonyl (C=O) groups excluding carboxylic acids is 1. The van der Waals surface area contributed by atoms with E-state index in [-0.39, 0.29) is 29.6 Å². The van der Waals surface area contributed by atoms with Gasteiger partial charge in [0.05, 0.1) is 10.6 Å². The number of fused-ring (bicyclic) bond motifs is 2. The molecule has 2 aliphatic rings. The minimum Gasteiger partial charge on any atom is -0.350 e. The van der Waals surface area contributed by atoms with Crippen LogP contribution >= 0.6 is 0 Å². The molecule has 0 spiro atoms. The van der Waals surface area contributed by atoms with Crippen molar-refractivity contribution in [2.75, 3.05) is 23.3 Å². The van der Waals surface area contributed by atoms with Gasteiger partial charge in [-0.3, -0.25) is 15.1 Å². The second-order valence-corrected chi connectivity index (χ2v) is 7.36. The average Bonchev–Trinajstić information content (AvgIpc) is 3.16. The molecule has 2 amide bonds. The number of benzene rings is 1. The number of urea groups is 1. The Morgan fingerprint density at radius 2 is 1.97 bits per heavy atom. The zero-order valence-electron chi connectivity index (χ0n) is 15.4. The number of hydrogen-bond acceptors (Lipinski definition) is 6. The van der Waals surface area contributed by atoms with Crippen molar-refractivity contribution in [3.63, 3.8) is 0 Å². The lowest BCUT2D eigenvalue weighted by molar-refractivity contribution is -0.384. The Balaban J connectivity index is 1.22. The second kappa shape index (κ2) is 6.69. The van der Waals surface area contributed by atoms with Gasteiger partial charge < -0.3 is 15.5 Å². The molecule has 5 rings (SSSR count). The normalized spacial score (nSPS) is 22.2. The zero-order valence-corrected chi connectivity index (χ0v) is 15.4. The molecule has 1 saturated carbocycles. The molecule has 9 heteroatoms. The number of aromatic nitrogens is 2. The topological polar surface area (TPSA) is 113 Å². The Labute approximate surface area is 165 Å². The Bertz CT molecular complexity index is 1100. The monoisotopic (exact) mass is 390 g/mol.